The number of anilines is 1. The lowest BCUT2D eigenvalue weighted by Gasteiger charge is -2.14. The van der Waals surface area contributed by atoms with Crippen LogP contribution >= 0.6 is 0 Å². The Hall–Kier alpha value is -1.83. The molecule has 2 rings (SSSR count). The van der Waals surface area contributed by atoms with Crippen molar-refractivity contribution in [2.75, 3.05) is 5.32 Å². The maximum Gasteiger partial charge on any atom is 0.126 e. The van der Waals surface area contributed by atoms with E-state index >= 15 is 0 Å². The SMILES string of the molecule is CC(CCc1ccccc1)Nc1ccccn1. The van der Waals surface area contributed by atoms with Gasteiger partial charge in [-0.05, 0) is 37.5 Å². The number of pyridine rings is 1. The summed E-state index contributed by atoms with van der Waals surface area (Å²) in [6, 6.07) is 16.9. The van der Waals surface area contributed by atoms with Gasteiger partial charge in [-0.1, -0.05) is 36.4 Å². The van der Waals surface area contributed by atoms with Gasteiger partial charge in [-0.2, -0.15) is 0 Å². The Morgan fingerprint density at radius 1 is 1.06 bits per heavy atom. The molecule has 1 atom stereocenters. The minimum atomic E-state index is 0.435. The molecule has 0 saturated carbocycles. The third-order valence-electron chi connectivity index (χ3n) is 2.77. The summed E-state index contributed by atoms with van der Waals surface area (Å²) in [7, 11) is 0. The average molecular weight is 226 g/mol. The number of nitrogens with one attached hydrogen (secondary N) is 1. The summed E-state index contributed by atoms with van der Waals surface area (Å²) in [5.41, 5.74) is 1.39. The fourth-order valence-electron chi connectivity index (χ4n) is 1.80. The summed E-state index contributed by atoms with van der Waals surface area (Å²) < 4.78 is 0. The highest BCUT2D eigenvalue weighted by molar-refractivity contribution is 5.34. The van der Waals surface area contributed by atoms with Gasteiger partial charge in [0.2, 0.25) is 0 Å². The van der Waals surface area contributed by atoms with Gasteiger partial charge >= 0.3 is 0 Å². The number of aryl methyl sites for hydroxylation is 1. The van der Waals surface area contributed by atoms with E-state index in [9.17, 15) is 0 Å². The van der Waals surface area contributed by atoms with E-state index in [2.05, 4.69) is 47.6 Å². The molecule has 2 nitrogen and oxygen atoms in total. The third kappa shape index (κ3) is 3.91. The van der Waals surface area contributed by atoms with Crippen LogP contribution in [0.25, 0.3) is 0 Å². The molecule has 1 heterocycles. The van der Waals surface area contributed by atoms with Crippen molar-refractivity contribution in [1.82, 2.24) is 4.98 Å². The van der Waals surface area contributed by atoms with E-state index in [0.29, 0.717) is 6.04 Å². The van der Waals surface area contributed by atoms with Crippen molar-refractivity contribution >= 4 is 5.82 Å². The summed E-state index contributed by atoms with van der Waals surface area (Å²) in [4.78, 5) is 4.26. The number of nitrogens with zero attached hydrogens (tertiary/aromatic N) is 1. The minimum Gasteiger partial charge on any atom is -0.368 e. The maximum absolute atomic E-state index is 4.26. The van der Waals surface area contributed by atoms with Crippen molar-refractivity contribution in [3.63, 3.8) is 0 Å². The topological polar surface area (TPSA) is 24.9 Å². The van der Waals surface area contributed by atoms with Crippen LogP contribution in [0.3, 0.4) is 0 Å². The lowest BCUT2D eigenvalue weighted by Crippen LogP contribution is -2.16. The molecule has 0 fully saturated rings. The second-order valence-corrected chi connectivity index (χ2v) is 4.28. The van der Waals surface area contributed by atoms with E-state index in [1.807, 2.05) is 24.4 Å². The van der Waals surface area contributed by atoms with Gasteiger partial charge in [0.1, 0.15) is 5.82 Å². The van der Waals surface area contributed by atoms with Crippen molar-refractivity contribution in [3.05, 3.63) is 60.3 Å². The molecular formula is C15H18N2. The quantitative estimate of drug-likeness (QED) is 0.843. The second kappa shape index (κ2) is 6.04. The molecule has 1 aromatic heterocycles. The molecule has 0 bridgehead atoms. The molecule has 88 valence electrons. The molecule has 0 saturated heterocycles. The molecule has 1 unspecified atom stereocenters. The maximum atomic E-state index is 4.26. The monoisotopic (exact) mass is 226 g/mol. The molecule has 2 aromatic rings. The number of aromatic nitrogens is 1. The van der Waals surface area contributed by atoms with E-state index in [1.54, 1.807) is 0 Å². The number of rotatable bonds is 5. The number of benzene rings is 1. The summed E-state index contributed by atoms with van der Waals surface area (Å²) in [5, 5.41) is 3.40. The molecule has 1 aromatic carbocycles. The first-order valence-corrected chi connectivity index (χ1v) is 6.06. The zero-order valence-electron chi connectivity index (χ0n) is 10.1. The van der Waals surface area contributed by atoms with Gasteiger partial charge in [-0.3, -0.25) is 0 Å². The van der Waals surface area contributed by atoms with Crippen molar-refractivity contribution in [3.8, 4) is 0 Å². The molecule has 0 aliphatic carbocycles. The first-order chi connectivity index (χ1) is 8.34. The summed E-state index contributed by atoms with van der Waals surface area (Å²) in [6.07, 6.45) is 4.02. The highest BCUT2D eigenvalue weighted by Gasteiger charge is 2.02. The molecule has 0 aliphatic heterocycles. The number of hydrogen-bond donors (Lipinski definition) is 1. The van der Waals surface area contributed by atoms with Crippen molar-refractivity contribution in [1.29, 1.82) is 0 Å². The average Bonchev–Trinajstić information content (AvgIpc) is 2.39. The van der Waals surface area contributed by atoms with Gasteiger partial charge in [0.25, 0.3) is 0 Å². The normalized spacial score (nSPS) is 12.1. The zero-order chi connectivity index (χ0) is 11.9. The van der Waals surface area contributed by atoms with Crippen molar-refractivity contribution in [2.45, 2.75) is 25.8 Å². The summed E-state index contributed by atoms with van der Waals surface area (Å²) in [5.74, 6) is 0.952. The lowest BCUT2D eigenvalue weighted by atomic mass is 10.1. The van der Waals surface area contributed by atoms with Crippen molar-refractivity contribution in [2.24, 2.45) is 0 Å². The van der Waals surface area contributed by atoms with Crippen LogP contribution in [-0.2, 0) is 6.42 Å². The molecule has 17 heavy (non-hydrogen) atoms. The highest BCUT2D eigenvalue weighted by atomic mass is 15.0. The highest BCUT2D eigenvalue weighted by Crippen LogP contribution is 2.09. The minimum absolute atomic E-state index is 0.435. The summed E-state index contributed by atoms with van der Waals surface area (Å²) >= 11 is 0. The Bertz CT molecular complexity index is 425. The largest absolute Gasteiger partial charge is 0.368 e. The van der Waals surface area contributed by atoms with Gasteiger partial charge in [-0.15, -0.1) is 0 Å². The molecule has 1 N–H and O–H groups in total. The first-order valence-electron chi connectivity index (χ1n) is 6.06. The van der Waals surface area contributed by atoms with Gasteiger partial charge in [0.15, 0.2) is 0 Å². The van der Waals surface area contributed by atoms with Crippen LogP contribution < -0.4 is 5.32 Å². The van der Waals surface area contributed by atoms with E-state index in [0.717, 1.165) is 18.7 Å². The fourth-order valence-corrected chi connectivity index (χ4v) is 1.80. The van der Waals surface area contributed by atoms with E-state index < -0.39 is 0 Å². The zero-order valence-corrected chi connectivity index (χ0v) is 10.1. The van der Waals surface area contributed by atoms with Crippen molar-refractivity contribution < 1.29 is 0 Å². The Morgan fingerprint density at radius 2 is 1.82 bits per heavy atom. The fraction of sp³-hybridized carbons (Fsp3) is 0.267. The molecule has 0 spiro atoms. The third-order valence-corrected chi connectivity index (χ3v) is 2.77. The van der Waals surface area contributed by atoms with Crippen LogP contribution in [0, 0.1) is 0 Å². The second-order valence-electron chi connectivity index (χ2n) is 4.28. The predicted molar refractivity (Wildman–Crippen MR) is 72.1 cm³/mol. The first kappa shape index (κ1) is 11.6. The Labute approximate surface area is 103 Å². The van der Waals surface area contributed by atoms with Gasteiger partial charge in [0.05, 0.1) is 0 Å². The van der Waals surface area contributed by atoms with Crippen LogP contribution in [0.5, 0.6) is 0 Å². The predicted octanol–water partition coefficient (Wildman–Crippen LogP) is 3.51. The van der Waals surface area contributed by atoms with Gasteiger partial charge in [0, 0.05) is 12.2 Å². The van der Waals surface area contributed by atoms with E-state index in [4.69, 9.17) is 0 Å². The van der Waals surface area contributed by atoms with Gasteiger partial charge in [-0.25, -0.2) is 4.98 Å². The molecular weight excluding hydrogens is 208 g/mol. The molecule has 2 heteroatoms. The van der Waals surface area contributed by atoms with Gasteiger partial charge < -0.3 is 5.32 Å². The Balaban J connectivity index is 1.80. The standard InChI is InChI=1S/C15H18N2/c1-13(17-15-9-5-6-12-16-15)10-11-14-7-3-2-4-8-14/h2-9,12-13H,10-11H2,1H3,(H,16,17). The van der Waals surface area contributed by atoms with E-state index in [-0.39, 0.29) is 0 Å². The summed E-state index contributed by atoms with van der Waals surface area (Å²) in [6.45, 7) is 2.19. The van der Waals surface area contributed by atoms with E-state index in [1.165, 1.54) is 5.56 Å². The lowest BCUT2D eigenvalue weighted by molar-refractivity contribution is 0.703. The number of hydrogen-bond acceptors (Lipinski definition) is 2. The molecule has 0 radical (unpaired) electrons. The molecule has 0 aliphatic rings. The Kier molecular flexibility index (Phi) is 4.14. The van der Waals surface area contributed by atoms with Crippen LogP contribution in [0.15, 0.2) is 54.7 Å². The van der Waals surface area contributed by atoms with Crippen LogP contribution in [0.2, 0.25) is 0 Å². The molecule has 0 amide bonds. The van der Waals surface area contributed by atoms with Crippen LogP contribution in [0.1, 0.15) is 18.9 Å². The Morgan fingerprint density at radius 3 is 2.53 bits per heavy atom. The van der Waals surface area contributed by atoms with Crippen LogP contribution in [-0.4, -0.2) is 11.0 Å². The van der Waals surface area contributed by atoms with Crippen LogP contribution in [0.4, 0.5) is 5.82 Å². The smallest absolute Gasteiger partial charge is 0.126 e.